The Morgan fingerprint density at radius 2 is 1.75 bits per heavy atom. The molecule has 1 aromatic rings. The predicted molar refractivity (Wildman–Crippen MR) is 122 cm³/mol. The number of aromatic hydroxyl groups is 1. The first-order chi connectivity index (χ1) is 14.8. The summed E-state index contributed by atoms with van der Waals surface area (Å²) in [6.45, 7) is 14.7. The van der Waals surface area contributed by atoms with Crippen LogP contribution < -0.4 is 5.32 Å². The zero-order valence-electron chi connectivity index (χ0n) is 20.4. The number of hydrogen-bond donors (Lipinski definition) is 2. The molecule has 7 heteroatoms. The number of piperidine rings is 1. The summed E-state index contributed by atoms with van der Waals surface area (Å²) in [6.07, 6.45) is 0.885. The maximum Gasteiger partial charge on any atom is 0.254 e. The van der Waals surface area contributed by atoms with Crippen LogP contribution in [0.4, 0.5) is 0 Å². The monoisotopic (exact) mass is 446 g/mol. The maximum atomic E-state index is 12.9. The van der Waals surface area contributed by atoms with Crippen LogP contribution in [0.2, 0.25) is 0 Å². The van der Waals surface area contributed by atoms with Crippen LogP contribution >= 0.6 is 0 Å². The fraction of sp³-hybridized carbons (Fsp3) is 0.680. The largest absolute Gasteiger partial charge is 0.508 e. The van der Waals surface area contributed by atoms with Gasteiger partial charge in [0.25, 0.3) is 5.91 Å². The van der Waals surface area contributed by atoms with E-state index in [1.165, 1.54) is 0 Å². The lowest BCUT2D eigenvalue weighted by atomic mass is 9.83. The van der Waals surface area contributed by atoms with Gasteiger partial charge in [0, 0.05) is 24.1 Å². The number of hydrogen-bond acceptors (Lipinski definition) is 5. The Hall–Kier alpha value is -2.12. The van der Waals surface area contributed by atoms with Crippen LogP contribution in [0.3, 0.4) is 0 Å². The molecule has 0 aromatic heterocycles. The van der Waals surface area contributed by atoms with Gasteiger partial charge in [-0.3, -0.25) is 9.59 Å². The first-order valence-electron chi connectivity index (χ1n) is 11.5. The highest BCUT2D eigenvalue weighted by molar-refractivity contribution is 5.82. The molecule has 7 nitrogen and oxygen atoms in total. The number of rotatable bonds is 4. The molecule has 0 bridgehead atoms. The SMILES string of the molecule is Cc1cc(O)c([C@H](NC(=O)C(C)(C)C)C2CCN(C(=O)[C@H]3COC(C)(C)O3)CC2)cc1C. The van der Waals surface area contributed by atoms with E-state index < -0.39 is 17.3 Å². The second-order valence-corrected chi connectivity index (χ2v) is 10.7. The number of phenolic OH excluding ortho intramolecular Hbond substituents is 1. The summed E-state index contributed by atoms with van der Waals surface area (Å²) >= 11 is 0. The molecule has 0 spiro atoms. The van der Waals surface area contributed by atoms with Crippen molar-refractivity contribution in [2.24, 2.45) is 11.3 Å². The standard InChI is InChI=1S/C25H38N2O5/c1-15-12-18(19(28)13-16(15)2)21(26-23(30)24(3,4)5)17-8-10-27(11-9-17)22(29)20-14-31-25(6,7)32-20/h12-13,17,20-21,28H,8-11,14H2,1-7H3,(H,26,30)/t20-,21-/m1/s1. The zero-order valence-corrected chi connectivity index (χ0v) is 20.4. The summed E-state index contributed by atoms with van der Waals surface area (Å²) in [5.41, 5.74) is 2.28. The van der Waals surface area contributed by atoms with Crippen LogP contribution in [0.25, 0.3) is 0 Å². The lowest BCUT2D eigenvalue weighted by Crippen LogP contribution is -2.48. The van der Waals surface area contributed by atoms with E-state index in [0.717, 1.165) is 29.5 Å². The van der Waals surface area contributed by atoms with E-state index in [9.17, 15) is 14.7 Å². The van der Waals surface area contributed by atoms with Crippen molar-refractivity contribution < 1.29 is 24.2 Å². The van der Waals surface area contributed by atoms with Gasteiger partial charge >= 0.3 is 0 Å². The molecule has 2 saturated heterocycles. The van der Waals surface area contributed by atoms with Crippen molar-refractivity contribution >= 4 is 11.8 Å². The van der Waals surface area contributed by atoms with E-state index in [4.69, 9.17) is 9.47 Å². The van der Waals surface area contributed by atoms with Crippen LogP contribution in [0, 0.1) is 25.2 Å². The Morgan fingerprint density at radius 1 is 1.16 bits per heavy atom. The topological polar surface area (TPSA) is 88.1 Å². The van der Waals surface area contributed by atoms with E-state index >= 15 is 0 Å². The molecule has 2 atom stereocenters. The Morgan fingerprint density at radius 3 is 2.28 bits per heavy atom. The van der Waals surface area contributed by atoms with Crippen molar-refractivity contribution in [3.8, 4) is 5.75 Å². The zero-order chi connectivity index (χ0) is 23.8. The summed E-state index contributed by atoms with van der Waals surface area (Å²) in [6, 6.07) is 3.42. The van der Waals surface area contributed by atoms with Crippen LogP contribution in [0.15, 0.2) is 12.1 Å². The number of nitrogens with zero attached hydrogens (tertiary/aromatic N) is 1. The minimum Gasteiger partial charge on any atom is -0.508 e. The van der Waals surface area contributed by atoms with Crippen LogP contribution in [0.5, 0.6) is 5.75 Å². The van der Waals surface area contributed by atoms with Crippen LogP contribution in [-0.4, -0.2) is 53.4 Å². The summed E-state index contributed by atoms with van der Waals surface area (Å²) in [7, 11) is 0. The molecule has 2 heterocycles. The van der Waals surface area contributed by atoms with Crippen LogP contribution in [0.1, 0.15) is 70.2 Å². The maximum absolute atomic E-state index is 12.9. The molecule has 0 aliphatic carbocycles. The van der Waals surface area contributed by atoms with Gasteiger partial charge < -0.3 is 24.8 Å². The predicted octanol–water partition coefficient (Wildman–Crippen LogP) is 3.60. The Labute approximate surface area is 191 Å². The molecule has 0 saturated carbocycles. The minimum atomic E-state index is -0.734. The van der Waals surface area contributed by atoms with Crippen molar-refractivity contribution in [2.75, 3.05) is 19.7 Å². The number of likely N-dealkylation sites (tertiary alicyclic amines) is 1. The van der Waals surface area contributed by atoms with Crippen molar-refractivity contribution in [2.45, 2.75) is 79.2 Å². The van der Waals surface area contributed by atoms with Gasteiger partial charge in [0.05, 0.1) is 12.6 Å². The Kier molecular flexibility index (Phi) is 6.91. The highest BCUT2D eigenvalue weighted by Crippen LogP contribution is 2.37. The minimum absolute atomic E-state index is 0.0432. The summed E-state index contributed by atoms with van der Waals surface area (Å²) in [5.74, 6) is -0.530. The summed E-state index contributed by atoms with van der Waals surface area (Å²) < 4.78 is 11.3. The van der Waals surface area contributed by atoms with Gasteiger partial charge in [-0.1, -0.05) is 26.8 Å². The fourth-order valence-electron chi connectivity index (χ4n) is 4.35. The average molecular weight is 447 g/mol. The molecule has 2 aliphatic heterocycles. The van der Waals surface area contributed by atoms with Gasteiger partial charge in [0.15, 0.2) is 11.9 Å². The smallest absolute Gasteiger partial charge is 0.254 e. The van der Waals surface area contributed by atoms with Crippen molar-refractivity contribution in [3.63, 3.8) is 0 Å². The number of nitrogens with one attached hydrogen (secondary N) is 1. The van der Waals surface area contributed by atoms with E-state index in [1.807, 2.05) is 59.4 Å². The van der Waals surface area contributed by atoms with E-state index in [0.29, 0.717) is 13.1 Å². The van der Waals surface area contributed by atoms with Gasteiger partial charge in [-0.15, -0.1) is 0 Å². The molecule has 178 valence electrons. The Bertz CT molecular complexity index is 866. The van der Waals surface area contributed by atoms with Gasteiger partial charge in [-0.05, 0) is 63.6 Å². The summed E-state index contributed by atoms with van der Waals surface area (Å²) in [5, 5.41) is 13.9. The molecule has 0 radical (unpaired) electrons. The van der Waals surface area contributed by atoms with Crippen molar-refractivity contribution in [1.29, 1.82) is 0 Å². The van der Waals surface area contributed by atoms with Crippen molar-refractivity contribution in [1.82, 2.24) is 10.2 Å². The normalized spacial score (nSPS) is 22.6. The molecule has 2 fully saturated rings. The number of carbonyl (C=O) groups is 2. The number of ether oxygens (including phenoxy) is 2. The third-order valence-electron chi connectivity index (χ3n) is 6.55. The van der Waals surface area contributed by atoms with Crippen LogP contribution in [-0.2, 0) is 19.1 Å². The van der Waals surface area contributed by atoms with E-state index in [-0.39, 0.29) is 36.1 Å². The molecule has 3 rings (SSSR count). The van der Waals surface area contributed by atoms with Gasteiger partial charge in [-0.25, -0.2) is 0 Å². The fourth-order valence-corrected chi connectivity index (χ4v) is 4.35. The first kappa shape index (κ1) is 24.5. The first-order valence-corrected chi connectivity index (χ1v) is 11.5. The van der Waals surface area contributed by atoms with E-state index in [2.05, 4.69) is 5.32 Å². The lowest BCUT2D eigenvalue weighted by Gasteiger charge is -2.38. The number of aryl methyl sites for hydroxylation is 2. The van der Waals surface area contributed by atoms with Crippen molar-refractivity contribution in [3.05, 3.63) is 28.8 Å². The third-order valence-corrected chi connectivity index (χ3v) is 6.55. The molecular weight excluding hydrogens is 408 g/mol. The molecular formula is C25H38N2O5. The van der Waals surface area contributed by atoms with E-state index in [1.54, 1.807) is 6.07 Å². The molecule has 1 aromatic carbocycles. The number of phenols is 1. The molecule has 2 amide bonds. The average Bonchev–Trinajstić information content (AvgIpc) is 3.07. The molecule has 32 heavy (non-hydrogen) atoms. The second-order valence-electron chi connectivity index (χ2n) is 10.7. The highest BCUT2D eigenvalue weighted by Gasteiger charge is 2.41. The molecule has 2 N–H and O–H groups in total. The number of benzene rings is 1. The van der Waals surface area contributed by atoms with Gasteiger partial charge in [-0.2, -0.15) is 0 Å². The molecule has 2 aliphatic rings. The lowest BCUT2D eigenvalue weighted by molar-refractivity contribution is -0.161. The van der Waals surface area contributed by atoms with Gasteiger partial charge in [0.1, 0.15) is 5.75 Å². The third kappa shape index (κ3) is 5.44. The number of carbonyl (C=O) groups excluding carboxylic acids is 2. The highest BCUT2D eigenvalue weighted by atomic mass is 16.7. The quantitative estimate of drug-likeness (QED) is 0.738. The summed E-state index contributed by atoms with van der Waals surface area (Å²) in [4.78, 5) is 27.6. The second kappa shape index (κ2) is 9.02. The molecule has 0 unspecified atom stereocenters. The number of amides is 2. The Balaban J connectivity index is 1.76. The van der Waals surface area contributed by atoms with Gasteiger partial charge in [0.2, 0.25) is 5.91 Å².